The number of benzene rings is 8. The normalized spacial score (nSPS) is 14.8. The molecule has 0 bridgehead atoms. The molecule has 12 aromatic rings. The van der Waals surface area contributed by atoms with E-state index in [1.165, 1.54) is 129 Å². The van der Waals surface area contributed by atoms with Gasteiger partial charge in [-0.05, 0) is 124 Å². The third kappa shape index (κ3) is 5.64. The summed E-state index contributed by atoms with van der Waals surface area (Å²) in [5.41, 5.74) is 18.2. The van der Waals surface area contributed by atoms with Crippen LogP contribution in [0.1, 0.15) is 35.0 Å². The first-order chi connectivity index (χ1) is 32.1. The maximum atomic E-state index is 2.52. The Morgan fingerprint density at radius 1 is 0.492 bits per heavy atom. The molecular formula is C61H42N2S2. The van der Waals surface area contributed by atoms with Gasteiger partial charge in [0.15, 0.2) is 0 Å². The van der Waals surface area contributed by atoms with E-state index in [0.29, 0.717) is 5.92 Å². The molecule has 0 saturated heterocycles. The Labute approximate surface area is 385 Å². The van der Waals surface area contributed by atoms with Gasteiger partial charge >= 0.3 is 0 Å². The highest BCUT2D eigenvalue weighted by atomic mass is 32.1. The van der Waals surface area contributed by atoms with Crippen LogP contribution in [-0.2, 0) is 12.8 Å². The molecule has 8 aromatic carbocycles. The summed E-state index contributed by atoms with van der Waals surface area (Å²) in [6.45, 7) is 2.40. The van der Waals surface area contributed by atoms with Gasteiger partial charge in [-0.25, -0.2) is 0 Å². The van der Waals surface area contributed by atoms with Gasteiger partial charge in [-0.15, -0.1) is 22.7 Å². The van der Waals surface area contributed by atoms with Crippen molar-refractivity contribution in [1.82, 2.24) is 9.13 Å². The van der Waals surface area contributed by atoms with Crippen LogP contribution in [0, 0.1) is 5.92 Å². The smallest absolute Gasteiger partial charge is 0.0537 e. The fraction of sp³-hybridized carbons (Fsp3) is 0.0820. The lowest BCUT2D eigenvalue weighted by molar-refractivity contribution is 0.717. The zero-order valence-electron chi connectivity index (χ0n) is 35.9. The van der Waals surface area contributed by atoms with Crippen LogP contribution < -0.4 is 0 Å². The van der Waals surface area contributed by atoms with Gasteiger partial charge in [0.2, 0.25) is 0 Å². The Balaban J connectivity index is 0.834. The lowest BCUT2D eigenvalue weighted by Gasteiger charge is -2.23. The molecule has 4 heteroatoms. The van der Waals surface area contributed by atoms with Crippen molar-refractivity contribution in [3.63, 3.8) is 0 Å². The third-order valence-electron chi connectivity index (χ3n) is 14.2. The Bertz CT molecular complexity index is 3960. The lowest BCUT2D eigenvalue weighted by atomic mass is 9.91. The third-order valence-corrected chi connectivity index (χ3v) is 16.7. The summed E-state index contributed by atoms with van der Waals surface area (Å²) in [5, 5.41) is 7.98. The molecule has 4 aromatic heterocycles. The van der Waals surface area contributed by atoms with Crippen LogP contribution in [0.15, 0.2) is 182 Å². The Morgan fingerprint density at radius 3 is 1.78 bits per heavy atom. The molecule has 2 aliphatic rings. The molecule has 65 heavy (non-hydrogen) atoms. The highest BCUT2D eigenvalue weighted by molar-refractivity contribution is 7.26. The van der Waals surface area contributed by atoms with Crippen molar-refractivity contribution in [2.24, 2.45) is 5.92 Å². The van der Waals surface area contributed by atoms with E-state index in [9.17, 15) is 0 Å². The number of aryl methyl sites for hydroxylation is 1. The molecule has 308 valence electrons. The van der Waals surface area contributed by atoms with Crippen molar-refractivity contribution in [2.45, 2.75) is 26.2 Å². The van der Waals surface area contributed by atoms with Crippen molar-refractivity contribution in [3.8, 4) is 39.1 Å². The minimum atomic E-state index is 0.387. The van der Waals surface area contributed by atoms with Gasteiger partial charge in [0.1, 0.15) is 0 Å². The van der Waals surface area contributed by atoms with Gasteiger partial charge in [0.25, 0.3) is 0 Å². The summed E-state index contributed by atoms with van der Waals surface area (Å²) in [5.74, 6) is 0.387. The number of allylic oxidation sites excluding steroid dienone is 2. The molecule has 1 atom stereocenters. The van der Waals surface area contributed by atoms with Gasteiger partial charge in [-0.3, -0.25) is 0 Å². The number of para-hydroxylation sites is 3. The molecule has 14 rings (SSSR count). The van der Waals surface area contributed by atoms with Crippen molar-refractivity contribution in [1.29, 1.82) is 0 Å². The molecule has 0 spiro atoms. The van der Waals surface area contributed by atoms with Crippen LogP contribution >= 0.6 is 22.7 Å². The monoisotopic (exact) mass is 866 g/mol. The lowest BCUT2D eigenvalue weighted by Crippen LogP contribution is -2.12. The summed E-state index contributed by atoms with van der Waals surface area (Å²) in [6.07, 6.45) is 10.4. The molecule has 0 aliphatic heterocycles. The topological polar surface area (TPSA) is 9.86 Å². The van der Waals surface area contributed by atoms with Crippen molar-refractivity contribution in [2.75, 3.05) is 0 Å². The fourth-order valence-electron chi connectivity index (χ4n) is 11.2. The summed E-state index contributed by atoms with van der Waals surface area (Å²) in [7, 11) is 0. The minimum absolute atomic E-state index is 0.387. The highest BCUT2D eigenvalue weighted by Gasteiger charge is 2.26. The summed E-state index contributed by atoms with van der Waals surface area (Å²) < 4.78 is 9.02. The van der Waals surface area contributed by atoms with E-state index in [-0.39, 0.29) is 0 Å². The molecular weight excluding hydrogens is 825 g/mol. The zero-order chi connectivity index (χ0) is 42.8. The van der Waals surface area contributed by atoms with E-state index < -0.39 is 0 Å². The van der Waals surface area contributed by atoms with Crippen LogP contribution in [0.4, 0.5) is 0 Å². The summed E-state index contributed by atoms with van der Waals surface area (Å²) in [6, 6.07) is 65.8. The van der Waals surface area contributed by atoms with Gasteiger partial charge in [-0.1, -0.05) is 140 Å². The minimum Gasteiger partial charge on any atom is -0.313 e. The second kappa shape index (κ2) is 14.4. The molecule has 0 N–H and O–H groups in total. The van der Waals surface area contributed by atoms with E-state index in [0.717, 1.165) is 19.3 Å². The SMILES string of the molecule is CC1Cc2sc3c(-c4cccc(-c5cccc(-c6cccc7c6sc6ccc(-n8c9c(c%10ccccc%108)CCC=C9)cc67)c5)c4)cccc3c2C=C1n1c2ccccc2c2ccccc21. The van der Waals surface area contributed by atoms with Crippen LogP contribution in [0.5, 0.6) is 0 Å². The number of aromatic nitrogens is 2. The van der Waals surface area contributed by atoms with Crippen LogP contribution in [-0.4, -0.2) is 9.13 Å². The average Bonchev–Trinajstić information content (AvgIpc) is 4.11. The second-order valence-corrected chi connectivity index (χ2v) is 20.1. The molecule has 2 aliphatic carbocycles. The van der Waals surface area contributed by atoms with Gasteiger partial charge in [0, 0.05) is 74.3 Å². The number of fused-ring (bicyclic) bond motifs is 12. The predicted octanol–water partition coefficient (Wildman–Crippen LogP) is 17.5. The van der Waals surface area contributed by atoms with E-state index in [1.807, 2.05) is 22.7 Å². The number of hydrogen-bond acceptors (Lipinski definition) is 2. The number of thiophene rings is 2. The first kappa shape index (κ1) is 37.2. The standard InChI is InChI=1S/C61H42N2S2/c1-37-32-59-52(36-57(37)63-55-28-8-4-20-47(55)48-21-5-9-29-56(48)63)50-25-13-23-44(61(50)65-59)41-17-11-15-39(34-41)38-14-10-16-40(33-38)43-22-12-24-49-51-35-42(30-31-58(51)64-60(43)49)62-53-26-6-2-18-45(53)46-19-3-7-27-54(46)62/h2,4-18,20-31,33-37H,3,19,32H2,1H3. The van der Waals surface area contributed by atoms with E-state index in [2.05, 4.69) is 210 Å². The first-order valence-electron chi connectivity index (χ1n) is 22.8. The Hall–Kier alpha value is -7.24. The molecule has 1 unspecified atom stereocenters. The van der Waals surface area contributed by atoms with Gasteiger partial charge in [0.05, 0.1) is 16.6 Å². The summed E-state index contributed by atoms with van der Waals surface area (Å²) in [4.78, 5) is 1.48. The first-order valence-corrected chi connectivity index (χ1v) is 24.5. The Morgan fingerprint density at radius 2 is 1.08 bits per heavy atom. The Kier molecular flexibility index (Phi) is 8.23. The predicted molar refractivity (Wildman–Crippen MR) is 282 cm³/mol. The van der Waals surface area contributed by atoms with Crippen molar-refractivity contribution >= 4 is 103 Å². The second-order valence-electron chi connectivity index (χ2n) is 17.9. The maximum Gasteiger partial charge on any atom is 0.0537 e. The van der Waals surface area contributed by atoms with E-state index in [4.69, 9.17) is 0 Å². The molecule has 2 nitrogen and oxygen atoms in total. The number of nitrogens with zero attached hydrogens (tertiary/aromatic N) is 2. The zero-order valence-corrected chi connectivity index (χ0v) is 37.5. The molecule has 0 amide bonds. The summed E-state index contributed by atoms with van der Waals surface area (Å²) >= 11 is 3.89. The van der Waals surface area contributed by atoms with Gasteiger partial charge < -0.3 is 9.13 Å². The highest BCUT2D eigenvalue weighted by Crippen LogP contribution is 2.47. The van der Waals surface area contributed by atoms with Crippen molar-refractivity contribution < 1.29 is 0 Å². The molecule has 0 radical (unpaired) electrons. The molecule has 0 saturated carbocycles. The average molecular weight is 867 g/mol. The largest absolute Gasteiger partial charge is 0.313 e. The van der Waals surface area contributed by atoms with Crippen LogP contribution in [0.2, 0.25) is 0 Å². The van der Waals surface area contributed by atoms with Crippen LogP contribution in [0.25, 0.3) is 120 Å². The molecule has 4 heterocycles. The maximum absolute atomic E-state index is 2.52. The van der Waals surface area contributed by atoms with E-state index >= 15 is 0 Å². The van der Waals surface area contributed by atoms with Crippen LogP contribution in [0.3, 0.4) is 0 Å². The van der Waals surface area contributed by atoms with Gasteiger partial charge in [-0.2, -0.15) is 0 Å². The number of rotatable bonds is 5. The quantitative estimate of drug-likeness (QED) is 0.163. The van der Waals surface area contributed by atoms with E-state index in [1.54, 1.807) is 0 Å². The molecule has 0 fully saturated rings. The van der Waals surface area contributed by atoms with Crippen molar-refractivity contribution in [3.05, 3.63) is 204 Å². The number of hydrogen-bond donors (Lipinski definition) is 0. The fourth-order valence-corrected chi connectivity index (χ4v) is 13.9.